The van der Waals surface area contributed by atoms with E-state index < -0.39 is 5.60 Å². The van der Waals surface area contributed by atoms with Crippen LogP contribution in [0.15, 0.2) is 60.7 Å². The molecule has 2 aromatic rings. The molecule has 22 heavy (non-hydrogen) atoms. The van der Waals surface area contributed by atoms with Crippen LogP contribution in [0.1, 0.15) is 30.9 Å². The average molecular weight is 296 g/mol. The van der Waals surface area contributed by atoms with Crippen molar-refractivity contribution in [2.45, 2.75) is 31.5 Å². The third-order valence-electron chi connectivity index (χ3n) is 4.69. The van der Waals surface area contributed by atoms with Gasteiger partial charge in [0.15, 0.2) is 0 Å². The zero-order valence-corrected chi connectivity index (χ0v) is 12.8. The lowest BCUT2D eigenvalue weighted by molar-refractivity contribution is -0.216. The van der Waals surface area contributed by atoms with Gasteiger partial charge in [0.1, 0.15) is 11.7 Å². The molecule has 2 aromatic carbocycles. The second-order valence-corrected chi connectivity index (χ2v) is 5.94. The van der Waals surface area contributed by atoms with Crippen molar-refractivity contribution in [3.05, 3.63) is 71.8 Å². The van der Waals surface area contributed by atoms with Crippen LogP contribution < -0.4 is 0 Å². The summed E-state index contributed by atoms with van der Waals surface area (Å²) in [6, 6.07) is 19.4. The smallest absolute Gasteiger partial charge is 0.302 e. The summed E-state index contributed by atoms with van der Waals surface area (Å²) in [7, 11) is 0. The van der Waals surface area contributed by atoms with E-state index in [1.807, 2.05) is 67.6 Å². The Labute approximate surface area is 130 Å². The Morgan fingerprint density at radius 2 is 1.59 bits per heavy atom. The SMILES string of the molecule is CC(=O)O[C@H]1[C@@H](C)[C@](O)(c2ccccc2)[C@@H]1c1ccccc1. The van der Waals surface area contributed by atoms with E-state index in [0.29, 0.717) is 0 Å². The Morgan fingerprint density at radius 3 is 2.14 bits per heavy atom. The summed E-state index contributed by atoms with van der Waals surface area (Å²) in [5, 5.41) is 11.4. The van der Waals surface area contributed by atoms with Gasteiger partial charge >= 0.3 is 5.97 Å². The molecule has 1 saturated carbocycles. The topological polar surface area (TPSA) is 46.5 Å². The lowest BCUT2D eigenvalue weighted by Crippen LogP contribution is -2.61. The number of hydrogen-bond donors (Lipinski definition) is 1. The zero-order valence-electron chi connectivity index (χ0n) is 12.8. The van der Waals surface area contributed by atoms with Crippen LogP contribution in [0.25, 0.3) is 0 Å². The van der Waals surface area contributed by atoms with Crippen LogP contribution in [-0.2, 0) is 15.1 Å². The van der Waals surface area contributed by atoms with Gasteiger partial charge in [-0.15, -0.1) is 0 Å². The van der Waals surface area contributed by atoms with Crippen LogP contribution in [0.2, 0.25) is 0 Å². The molecule has 3 heteroatoms. The number of carbonyl (C=O) groups excluding carboxylic acids is 1. The molecule has 4 atom stereocenters. The molecule has 1 aliphatic carbocycles. The van der Waals surface area contributed by atoms with Crippen molar-refractivity contribution >= 4 is 5.97 Å². The summed E-state index contributed by atoms with van der Waals surface area (Å²) < 4.78 is 5.48. The lowest BCUT2D eigenvalue weighted by atomic mass is 9.54. The predicted molar refractivity (Wildman–Crippen MR) is 84.2 cm³/mol. The minimum absolute atomic E-state index is 0.163. The molecule has 0 spiro atoms. The monoisotopic (exact) mass is 296 g/mol. The molecule has 0 bridgehead atoms. The third-order valence-corrected chi connectivity index (χ3v) is 4.69. The number of hydrogen-bond acceptors (Lipinski definition) is 3. The summed E-state index contributed by atoms with van der Waals surface area (Å²) in [5.41, 5.74) is 0.820. The lowest BCUT2D eigenvalue weighted by Gasteiger charge is -2.56. The molecule has 3 nitrogen and oxygen atoms in total. The van der Waals surface area contributed by atoms with Crippen molar-refractivity contribution in [1.29, 1.82) is 0 Å². The number of rotatable bonds is 3. The number of aliphatic hydroxyl groups is 1. The minimum Gasteiger partial charge on any atom is -0.461 e. The molecule has 0 radical (unpaired) electrons. The highest BCUT2D eigenvalue weighted by atomic mass is 16.5. The van der Waals surface area contributed by atoms with Gasteiger partial charge in [0.25, 0.3) is 0 Å². The molecule has 1 N–H and O–H groups in total. The second kappa shape index (κ2) is 5.58. The number of ether oxygens (including phenoxy) is 1. The van der Waals surface area contributed by atoms with Gasteiger partial charge in [-0.3, -0.25) is 4.79 Å². The van der Waals surface area contributed by atoms with Crippen LogP contribution >= 0.6 is 0 Å². The summed E-state index contributed by atoms with van der Waals surface area (Å²) in [6.45, 7) is 3.34. The maximum atomic E-state index is 11.4. The maximum absolute atomic E-state index is 11.4. The summed E-state index contributed by atoms with van der Waals surface area (Å²) in [4.78, 5) is 11.4. The van der Waals surface area contributed by atoms with Gasteiger partial charge in [-0.05, 0) is 11.1 Å². The summed E-state index contributed by atoms with van der Waals surface area (Å²) >= 11 is 0. The summed E-state index contributed by atoms with van der Waals surface area (Å²) in [5.74, 6) is -0.730. The number of carbonyl (C=O) groups is 1. The molecule has 0 heterocycles. The molecule has 1 aliphatic rings. The first-order valence-electron chi connectivity index (χ1n) is 7.55. The Balaban J connectivity index is 2.04. The van der Waals surface area contributed by atoms with Crippen molar-refractivity contribution in [2.24, 2.45) is 5.92 Å². The van der Waals surface area contributed by atoms with E-state index in [1.54, 1.807) is 0 Å². The largest absolute Gasteiger partial charge is 0.461 e. The third kappa shape index (κ3) is 2.22. The first-order valence-corrected chi connectivity index (χ1v) is 7.55. The Kier molecular flexibility index (Phi) is 3.75. The first kappa shape index (κ1) is 14.8. The van der Waals surface area contributed by atoms with Gasteiger partial charge in [0, 0.05) is 12.8 Å². The molecule has 114 valence electrons. The fourth-order valence-electron chi connectivity index (χ4n) is 3.57. The van der Waals surface area contributed by atoms with Gasteiger partial charge in [-0.25, -0.2) is 0 Å². The highest BCUT2D eigenvalue weighted by molar-refractivity contribution is 5.66. The fraction of sp³-hybridized carbons (Fsp3) is 0.316. The van der Waals surface area contributed by atoms with E-state index in [0.717, 1.165) is 11.1 Å². The first-order chi connectivity index (χ1) is 10.5. The molecule has 0 aromatic heterocycles. The van der Waals surface area contributed by atoms with Crippen molar-refractivity contribution in [2.75, 3.05) is 0 Å². The Hall–Kier alpha value is -2.13. The maximum Gasteiger partial charge on any atom is 0.302 e. The second-order valence-electron chi connectivity index (χ2n) is 5.94. The standard InChI is InChI=1S/C19H20O3/c1-13-18(22-14(2)20)17(15-9-5-3-6-10-15)19(13,21)16-11-7-4-8-12-16/h3-13,17-18,21H,1-2H3/t13-,17-,18+,19+/m1/s1. The van der Waals surface area contributed by atoms with Crippen LogP contribution in [0.5, 0.6) is 0 Å². The van der Waals surface area contributed by atoms with E-state index in [2.05, 4.69) is 0 Å². The molecule has 3 rings (SSSR count). The number of benzene rings is 2. The normalized spacial score (nSPS) is 30.4. The van der Waals surface area contributed by atoms with E-state index >= 15 is 0 Å². The van der Waals surface area contributed by atoms with Gasteiger partial charge in [-0.2, -0.15) is 0 Å². The molecule has 0 unspecified atom stereocenters. The quantitative estimate of drug-likeness (QED) is 0.885. The highest BCUT2D eigenvalue weighted by Gasteiger charge is 2.62. The average Bonchev–Trinajstić information content (AvgIpc) is 2.55. The van der Waals surface area contributed by atoms with E-state index in [4.69, 9.17) is 4.74 Å². The van der Waals surface area contributed by atoms with E-state index in [-0.39, 0.29) is 23.9 Å². The van der Waals surface area contributed by atoms with Crippen molar-refractivity contribution in [3.8, 4) is 0 Å². The molecule has 1 fully saturated rings. The van der Waals surface area contributed by atoms with E-state index in [9.17, 15) is 9.90 Å². The van der Waals surface area contributed by atoms with Crippen molar-refractivity contribution in [1.82, 2.24) is 0 Å². The van der Waals surface area contributed by atoms with Crippen LogP contribution in [-0.4, -0.2) is 17.2 Å². The van der Waals surface area contributed by atoms with Crippen molar-refractivity contribution < 1.29 is 14.6 Å². The Bertz CT molecular complexity index is 653. The van der Waals surface area contributed by atoms with Crippen LogP contribution in [0.4, 0.5) is 0 Å². The zero-order chi connectivity index (χ0) is 15.7. The van der Waals surface area contributed by atoms with E-state index in [1.165, 1.54) is 6.92 Å². The Morgan fingerprint density at radius 1 is 1.05 bits per heavy atom. The predicted octanol–water partition coefficient (Wildman–Crippen LogP) is 3.24. The van der Waals surface area contributed by atoms with Gasteiger partial charge in [0.2, 0.25) is 0 Å². The van der Waals surface area contributed by atoms with Crippen LogP contribution in [0.3, 0.4) is 0 Å². The van der Waals surface area contributed by atoms with Crippen LogP contribution in [0, 0.1) is 5.92 Å². The van der Waals surface area contributed by atoms with Gasteiger partial charge in [-0.1, -0.05) is 67.6 Å². The van der Waals surface area contributed by atoms with Gasteiger partial charge in [0.05, 0.1) is 5.92 Å². The molecule has 0 saturated heterocycles. The van der Waals surface area contributed by atoms with Crippen molar-refractivity contribution in [3.63, 3.8) is 0 Å². The highest BCUT2D eigenvalue weighted by Crippen LogP contribution is 2.57. The number of esters is 1. The molecule has 0 aliphatic heterocycles. The molecule has 0 amide bonds. The molecular weight excluding hydrogens is 276 g/mol. The minimum atomic E-state index is -1.03. The summed E-state index contributed by atoms with van der Waals surface area (Å²) in [6.07, 6.45) is -0.315. The fourth-order valence-corrected chi connectivity index (χ4v) is 3.57. The molecular formula is C19H20O3. The van der Waals surface area contributed by atoms with Gasteiger partial charge < -0.3 is 9.84 Å².